The van der Waals surface area contributed by atoms with Crippen LogP contribution in [0.1, 0.15) is 34.0 Å². The topological polar surface area (TPSA) is 124 Å². The van der Waals surface area contributed by atoms with E-state index >= 15 is 0 Å². The van der Waals surface area contributed by atoms with Crippen LogP contribution in [0.15, 0.2) is 35.5 Å². The monoisotopic (exact) mass is 442 g/mol. The Bertz CT molecular complexity index is 990. The summed E-state index contributed by atoms with van der Waals surface area (Å²) in [7, 11) is 1.60. The third-order valence-electron chi connectivity index (χ3n) is 5.26. The van der Waals surface area contributed by atoms with E-state index in [1.165, 1.54) is 0 Å². The molecule has 0 saturated carbocycles. The number of nitrogens with one attached hydrogen (secondary N) is 1. The van der Waals surface area contributed by atoms with Gasteiger partial charge in [0, 0.05) is 13.0 Å². The van der Waals surface area contributed by atoms with E-state index in [0.29, 0.717) is 43.4 Å². The molecule has 0 radical (unpaired) electrons. The zero-order valence-electron chi connectivity index (χ0n) is 18.0. The van der Waals surface area contributed by atoms with Crippen LogP contribution < -0.4 is 10.1 Å². The lowest BCUT2D eigenvalue weighted by atomic mass is 10.0. The van der Waals surface area contributed by atoms with Gasteiger partial charge in [-0.05, 0) is 30.7 Å². The standard InChI is InChI=1S/C22H26N4O6/c1-13-24-17(18-8-20(32-26-18)21-12-30-16(10-27)11-31-21)7-19(25-13)22(28)23-9-14-4-3-5-15(6-14)29-2/h3-7,16,20-21,27H,8-12H2,1-2H3,(H,23,28)/t16-,20+,21-/m0/s1. The van der Waals surface area contributed by atoms with Gasteiger partial charge in [-0.2, -0.15) is 0 Å². The molecule has 1 fully saturated rings. The van der Waals surface area contributed by atoms with Crippen LogP contribution in [-0.2, 0) is 20.9 Å². The van der Waals surface area contributed by atoms with Crippen LogP contribution in [0.3, 0.4) is 0 Å². The minimum atomic E-state index is -0.315. The number of aryl methyl sites for hydroxylation is 1. The number of aromatic nitrogens is 2. The fourth-order valence-electron chi connectivity index (χ4n) is 3.51. The first kappa shape index (κ1) is 22.1. The Kier molecular flexibility index (Phi) is 6.93. The highest BCUT2D eigenvalue weighted by Crippen LogP contribution is 2.23. The SMILES string of the molecule is COc1cccc(CNC(=O)c2cc(C3=NO[C@@H]([C@@H]4CO[C@@H](CO)CO4)C3)nc(C)n2)c1. The molecular weight excluding hydrogens is 416 g/mol. The van der Waals surface area contributed by atoms with Gasteiger partial charge in [0.15, 0.2) is 6.10 Å². The normalized spacial score (nSPS) is 22.7. The molecule has 0 bridgehead atoms. The second-order valence-electron chi connectivity index (χ2n) is 7.62. The van der Waals surface area contributed by atoms with Crippen LogP contribution in [0.4, 0.5) is 0 Å². The van der Waals surface area contributed by atoms with Gasteiger partial charge in [-0.25, -0.2) is 9.97 Å². The fourth-order valence-corrected chi connectivity index (χ4v) is 3.51. The summed E-state index contributed by atoms with van der Waals surface area (Å²) < 4.78 is 16.5. The lowest BCUT2D eigenvalue weighted by Gasteiger charge is -2.30. The van der Waals surface area contributed by atoms with E-state index in [1.807, 2.05) is 24.3 Å². The molecule has 1 saturated heterocycles. The summed E-state index contributed by atoms with van der Waals surface area (Å²) in [6.07, 6.45) is -0.437. The summed E-state index contributed by atoms with van der Waals surface area (Å²) in [5, 5.41) is 16.2. The van der Waals surface area contributed by atoms with Crippen molar-refractivity contribution < 1.29 is 28.9 Å². The second-order valence-corrected chi connectivity index (χ2v) is 7.62. The van der Waals surface area contributed by atoms with Crippen LogP contribution in [0.25, 0.3) is 0 Å². The van der Waals surface area contributed by atoms with Crippen LogP contribution in [0.5, 0.6) is 5.75 Å². The molecule has 10 nitrogen and oxygen atoms in total. The number of oxime groups is 1. The summed E-state index contributed by atoms with van der Waals surface area (Å²) in [5.41, 5.74) is 2.33. The Morgan fingerprint density at radius 3 is 2.84 bits per heavy atom. The average molecular weight is 442 g/mol. The van der Waals surface area contributed by atoms with Crippen LogP contribution in [-0.4, -0.2) is 71.9 Å². The van der Waals surface area contributed by atoms with E-state index in [-0.39, 0.29) is 36.5 Å². The maximum absolute atomic E-state index is 12.7. The number of aliphatic hydroxyl groups excluding tert-OH is 1. The van der Waals surface area contributed by atoms with Gasteiger partial charge in [0.25, 0.3) is 5.91 Å². The first-order valence-electron chi connectivity index (χ1n) is 10.4. The average Bonchev–Trinajstić information content (AvgIpc) is 3.33. The minimum absolute atomic E-state index is 0.0805. The second kappa shape index (κ2) is 10.0. The number of hydrogen-bond donors (Lipinski definition) is 2. The van der Waals surface area contributed by atoms with E-state index in [9.17, 15) is 4.79 Å². The van der Waals surface area contributed by atoms with Gasteiger partial charge in [0.05, 0.1) is 32.6 Å². The van der Waals surface area contributed by atoms with Gasteiger partial charge in [0.1, 0.15) is 35.2 Å². The van der Waals surface area contributed by atoms with Crippen LogP contribution in [0.2, 0.25) is 0 Å². The fraction of sp³-hybridized carbons (Fsp3) is 0.455. The van der Waals surface area contributed by atoms with Crippen molar-refractivity contribution in [1.82, 2.24) is 15.3 Å². The summed E-state index contributed by atoms with van der Waals surface area (Å²) in [4.78, 5) is 26.9. The molecule has 1 aromatic carbocycles. The lowest BCUT2D eigenvalue weighted by molar-refractivity contribution is -0.178. The first-order chi connectivity index (χ1) is 15.6. The number of carbonyl (C=O) groups is 1. The minimum Gasteiger partial charge on any atom is -0.497 e. The number of hydrogen-bond acceptors (Lipinski definition) is 9. The number of rotatable bonds is 7. The van der Waals surface area contributed by atoms with E-state index in [2.05, 4.69) is 20.4 Å². The predicted molar refractivity (Wildman–Crippen MR) is 114 cm³/mol. The predicted octanol–water partition coefficient (Wildman–Crippen LogP) is 0.993. The number of aliphatic hydroxyl groups is 1. The van der Waals surface area contributed by atoms with Gasteiger partial charge < -0.3 is 29.5 Å². The van der Waals surface area contributed by atoms with Crippen LogP contribution >= 0.6 is 0 Å². The third-order valence-corrected chi connectivity index (χ3v) is 5.26. The Morgan fingerprint density at radius 1 is 1.22 bits per heavy atom. The highest BCUT2D eigenvalue weighted by atomic mass is 16.7. The molecule has 2 aliphatic rings. The molecule has 0 spiro atoms. The maximum atomic E-state index is 12.7. The molecule has 1 aromatic heterocycles. The van der Waals surface area contributed by atoms with Crippen molar-refractivity contribution in [3.63, 3.8) is 0 Å². The molecule has 32 heavy (non-hydrogen) atoms. The van der Waals surface area contributed by atoms with Crippen LogP contribution in [0, 0.1) is 6.92 Å². The largest absolute Gasteiger partial charge is 0.497 e. The molecule has 10 heteroatoms. The van der Waals surface area contributed by atoms with Crippen molar-refractivity contribution in [2.75, 3.05) is 26.9 Å². The third kappa shape index (κ3) is 5.21. The summed E-state index contributed by atoms with van der Waals surface area (Å²) in [5.74, 6) is 0.878. The highest BCUT2D eigenvalue weighted by Gasteiger charge is 2.35. The van der Waals surface area contributed by atoms with E-state index in [1.54, 1.807) is 20.1 Å². The molecule has 170 valence electrons. The smallest absolute Gasteiger partial charge is 0.270 e. The molecule has 4 rings (SSSR count). The highest BCUT2D eigenvalue weighted by molar-refractivity contribution is 6.02. The lowest BCUT2D eigenvalue weighted by Crippen LogP contribution is -2.43. The Hall–Kier alpha value is -3.08. The van der Waals surface area contributed by atoms with Crippen molar-refractivity contribution in [3.05, 3.63) is 53.1 Å². The molecule has 1 amide bonds. The zero-order valence-corrected chi connectivity index (χ0v) is 18.0. The van der Waals surface area contributed by atoms with E-state index in [4.69, 9.17) is 24.2 Å². The molecule has 3 atom stereocenters. The summed E-state index contributed by atoms with van der Waals surface area (Å²) in [6, 6.07) is 9.09. The van der Waals surface area contributed by atoms with Gasteiger partial charge in [-0.3, -0.25) is 4.79 Å². The number of nitrogens with zero attached hydrogens (tertiary/aromatic N) is 3. The molecular formula is C22H26N4O6. The van der Waals surface area contributed by atoms with E-state index < -0.39 is 0 Å². The summed E-state index contributed by atoms with van der Waals surface area (Å²) >= 11 is 0. The quantitative estimate of drug-likeness (QED) is 0.651. The van der Waals surface area contributed by atoms with Gasteiger partial charge in [-0.15, -0.1) is 0 Å². The van der Waals surface area contributed by atoms with Crippen molar-refractivity contribution in [1.29, 1.82) is 0 Å². The first-order valence-corrected chi connectivity index (χ1v) is 10.4. The maximum Gasteiger partial charge on any atom is 0.270 e. The van der Waals surface area contributed by atoms with Crippen molar-refractivity contribution in [2.24, 2.45) is 5.16 Å². The number of methoxy groups -OCH3 is 1. The number of ether oxygens (including phenoxy) is 3. The van der Waals surface area contributed by atoms with Gasteiger partial charge in [-0.1, -0.05) is 17.3 Å². The summed E-state index contributed by atoms with van der Waals surface area (Å²) in [6.45, 7) is 2.61. The van der Waals surface area contributed by atoms with E-state index in [0.717, 1.165) is 11.3 Å². The van der Waals surface area contributed by atoms with Crippen molar-refractivity contribution in [3.8, 4) is 5.75 Å². The Morgan fingerprint density at radius 2 is 2.09 bits per heavy atom. The zero-order chi connectivity index (χ0) is 22.5. The van der Waals surface area contributed by atoms with Crippen molar-refractivity contribution >= 4 is 11.6 Å². The molecule has 3 heterocycles. The molecule has 2 aromatic rings. The molecule has 0 unspecified atom stereocenters. The number of carbonyl (C=O) groups excluding carboxylic acids is 1. The molecule has 2 aliphatic heterocycles. The van der Waals surface area contributed by atoms with Crippen molar-refractivity contribution in [2.45, 2.75) is 38.2 Å². The molecule has 2 N–H and O–H groups in total. The Balaban J connectivity index is 1.38. The number of amides is 1. The number of benzene rings is 1. The molecule has 0 aliphatic carbocycles. The van der Waals surface area contributed by atoms with Gasteiger partial charge >= 0.3 is 0 Å². The Labute approximate surface area is 185 Å². The van der Waals surface area contributed by atoms with Gasteiger partial charge in [0.2, 0.25) is 0 Å².